The summed E-state index contributed by atoms with van der Waals surface area (Å²) in [7, 11) is 0. The average Bonchev–Trinajstić information content (AvgIpc) is 2.84. The first kappa shape index (κ1) is 13.0. The van der Waals surface area contributed by atoms with E-state index in [0.717, 1.165) is 6.42 Å². The van der Waals surface area contributed by atoms with Gasteiger partial charge in [-0.1, -0.05) is 18.5 Å². The van der Waals surface area contributed by atoms with Gasteiger partial charge in [0.05, 0.1) is 12.1 Å². The highest BCUT2D eigenvalue weighted by Gasteiger charge is 2.08. The second-order valence-electron chi connectivity index (χ2n) is 3.62. The van der Waals surface area contributed by atoms with Crippen molar-refractivity contribution in [1.29, 1.82) is 0 Å². The van der Waals surface area contributed by atoms with Crippen molar-refractivity contribution >= 4 is 35.0 Å². The lowest BCUT2D eigenvalue weighted by Crippen LogP contribution is -2.04. The fraction of sp³-hybridized carbons (Fsp3) is 0.250. The first-order chi connectivity index (χ1) is 8.74. The third-order valence-electron chi connectivity index (χ3n) is 2.45. The van der Waals surface area contributed by atoms with E-state index in [1.807, 2.05) is 0 Å². The molecular formula is C12H12ClN3OS. The Morgan fingerprint density at radius 2 is 2.17 bits per heavy atom. The molecule has 0 saturated heterocycles. The van der Waals surface area contributed by atoms with Crippen LogP contribution in [-0.2, 0) is 13.0 Å². The van der Waals surface area contributed by atoms with Crippen LogP contribution in [-0.4, -0.2) is 16.3 Å². The minimum absolute atomic E-state index is 0.169. The van der Waals surface area contributed by atoms with Gasteiger partial charge in [-0.2, -0.15) is 0 Å². The Morgan fingerprint density at radius 3 is 2.83 bits per heavy atom. The molecule has 18 heavy (non-hydrogen) atoms. The summed E-state index contributed by atoms with van der Waals surface area (Å²) in [6.07, 6.45) is 3.03. The lowest BCUT2D eigenvalue weighted by Gasteiger charge is -2.06. The molecule has 0 aliphatic rings. The largest absolute Gasteiger partial charge is 0.364 e. The van der Waals surface area contributed by atoms with E-state index in [4.69, 9.17) is 11.6 Å². The number of carbonyl (C=O) groups excluding carboxylic acids is 1. The van der Waals surface area contributed by atoms with Crippen molar-refractivity contribution in [1.82, 2.24) is 9.97 Å². The van der Waals surface area contributed by atoms with Gasteiger partial charge in [0.15, 0.2) is 6.29 Å². The van der Waals surface area contributed by atoms with E-state index in [-0.39, 0.29) is 5.15 Å². The molecule has 4 nitrogen and oxygen atoms in total. The number of hydrogen-bond donors (Lipinski definition) is 1. The Bertz CT molecular complexity index is 556. The third-order valence-corrected chi connectivity index (χ3v) is 3.98. The second kappa shape index (κ2) is 5.93. The van der Waals surface area contributed by atoms with Crippen molar-refractivity contribution in [3.8, 4) is 0 Å². The summed E-state index contributed by atoms with van der Waals surface area (Å²) in [4.78, 5) is 21.2. The molecule has 2 aromatic heterocycles. The molecule has 2 rings (SSSR count). The SMILES string of the molecule is CCc1ccc(CNc2ncnc(Cl)c2C=O)s1. The van der Waals surface area contributed by atoms with Crippen LogP contribution in [0.15, 0.2) is 18.5 Å². The van der Waals surface area contributed by atoms with Crippen LogP contribution in [0.25, 0.3) is 0 Å². The molecule has 0 amide bonds. The van der Waals surface area contributed by atoms with E-state index in [0.29, 0.717) is 24.2 Å². The molecule has 0 spiro atoms. The van der Waals surface area contributed by atoms with Gasteiger partial charge in [0, 0.05) is 9.75 Å². The van der Waals surface area contributed by atoms with Crippen LogP contribution in [0.5, 0.6) is 0 Å². The van der Waals surface area contributed by atoms with Crippen molar-refractivity contribution in [3.05, 3.63) is 38.9 Å². The Hall–Kier alpha value is -1.46. The molecular weight excluding hydrogens is 270 g/mol. The summed E-state index contributed by atoms with van der Waals surface area (Å²) in [6.45, 7) is 2.75. The Balaban J connectivity index is 2.10. The number of nitrogens with one attached hydrogen (secondary N) is 1. The molecule has 2 heterocycles. The molecule has 0 fully saturated rings. The first-order valence-electron chi connectivity index (χ1n) is 5.51. The van der Waals surface area contributed by atoms with Crippen LogP contribution in [0.3, 0.4) is 0 Å². The fourth-order valence-corrected chi connectivity index (χ4v) is 2.57. The van der Waals surface area contributed by atoms with E-state index in [1.165, 1.54) is 16.1 Å². The van der Waals surface area contributed by atoms with Gasteiger partial charge < -0.3 is 5.32 Å². The molecule has 1 N–H and O–H groups in total. The number of rotatable bonds is 5. The summed E-state index contributed by atoms with van der Waals surface area (Å²) >= 11 is 7.56. The topological polar surface area (TPSA) is 54.9 Å². The predicted molar refractivity (Wildman–Crippen MR) is 73.5 cm³/mol. The van der Waals surface area contributed by atoms with Gasteiger partial charge in [-0.25, -0.2) is 9.97 Å². The number of aromatic nitrogens is 2. The van der Waals surface area contributed by atoms with E-state index in [9.17, 15) is 4.79 Å². The molecule has 0 bridgehead atoms. The first-order valence-corrected chi connectivity index (χ1v) is 6.71. The summed E-state index contributed by atoms with van der Waals surface area (Å²) in [5.41, 5.74) is 0.298. The monoisotopic (exact) mass is 281 g/mol. The zero-order valence-corrected chi connectivity index (χ0v) is 11.4. The van der Waals surface area contributed by atoms with Crippen LogP contribution >= 0.6 is 22.9 Å². The number of anilines is 1. The maximum Gasteiger partial charge on any atom is 0.156 e. The minimum Gasteiger partial charge on any atom is -0.364 e. The number of aryl methyl sites for hydroxylation is 1. The lowest BCUT2D eigenvalue weighted by molar-refractivity contribution is 0.112. The van der Waals surface area contributed by atoms with Crippen molar-refractivity contribution in [2.45, 2.75) is 19.9 Å². The van der Waals surface area contributed by atoms with Crippen LogP contribution in [0.1, 0.15) is 27.0 Å². The van der Waals surface area contributed by atoms with Crippen LogP contribution in [0.2, 0.25) is 5.15 Å². The molecule has 0 unspecified atom stereocenters. The molecule has 2 aromatic rings. The number of aldehydes is 1. The number of halogens is 1. The number of carbonyl (C=O) groups is 1. The Labute approximate surface area is 114 Å². The summed E-state index contributed by atoms with van der Waals surface area (Å²) in [5.74, 6) is 0.469. The van der Waals surface area contributed by atoms with E-state index in [1.54, 1.807) is 11.3 Å². The average molecular weight is 282 g/mol. The van der Waals surface area contributed by atoms with Crippen molar-refractivity contribution in [2.24, 2.45) is 0 Å². The predicted octanol–water partition coefficient (Wildman–Crippen LogP) is 3.18. The zero-order chi connectivity index (χ0) is 13.0. The van der Waals surface area contributed by atoms with Gasteiger partial charge in [0.1, 0.15) is 17.3 Å². The maximum atomic E-state index is 10.9. The summed E-state index contributed by atoms with van der Waals surface area (Å²) in [6, 6.07) is 4.18. The molecule has 0 saturated carbocycles. The van der Waals surface area contributed by atoms with Crippen molar-refractivity contribution < 1.29 is 4.79 Å². The van der Waals surface area contributed by atoms with Gasteiger partial charge in [-0.15, -0.1) is 11.3 Å². The van der Waals surface area contributed by atoms with E-state index in [2.05, 4.69) is 34.3 Å². The maximum absolute atomic E-state index is 10.9. The molecule has 0 aliphatic carbocycles. The highest BCUT2D eigenvalue weighted by Crippen LogP contribution is 2.21. The van der Waals surface area contributed by atoms with Crippen LogP contribution in [0, 0.1) is 0 Å². The van der Waals surface area contributed by atoms with Gasteiger partial charge in [0.2, 0.25) is 0 Å². The lowest BCUT2D eigenvalue weighted by atomic mass is 10.3. The van der Waals surface area contributed by atoms with E-state index < -0.39 is 0 Å². The third kappa shape index (κ3) is 2.86. The molecule has 6 heteroatoms. The van der Waals surface area contributed by atoms with Gasteiger partial charge in [-0.3, -0.25) is 4.79 Å². The second-order valence-corrected chi connectivity index (χ2v) is 5.23. The normalized spacial score (nSPS) is 10.3. The van der Waals surface area contributed by atoms with Gasteiger partial charge in [0.25, 0.3) is 0 Å². The molecule has 0 atom stereocenters. The van der Waals surface area contributed by atoms with Crippen molar-refractivity contribution in [3.63, 3.8) is 0 Å². The molecule has 0 aromatic carbocycles. The smallest absolute Gasteiger partial charge is 0.156 e. The summed E-state index contributed by atoms with van der Waals surface area (Å²) < 4.78 is 0. The van der Waals surface area contributed by atoms with Crippen LogP contribution < -0.4 is 5.32 Å². The molecule has 0 radical (unpaired) electrons. The highest BCUT2D eigenvalue weighted by atomic mass is 35.5. The number of thiophene rings is 1. The minimum atomic E-state index is 0.169. The van der Waals surface area contributed by atoms with Crippen molar-refractivity contribution in [2.75, 3.05) is 5.32 Å². The Kier molecular flexibility index (Phi) is 4.28. The van der Waals surface area contributed by atoms with Gasteiger partial charge in [-0.05, 0) is 18.6 Å². The summed E-state index contributed by atoms with van der Waals surface area (Å²) in [5, 5.41) is 3.27. The Morgan fingerprint density at radius 1 is 1.39 bits per heavy atom. The van der Waals surface area contributed by atoms with E-state index >= 15 is 0 Å². The highest BCUT2D eigenvalue weighted by molar-refractivity contribution is 7.12. The number of nitrogens with zero attached hydrogens (tertiary/aromatic N) is 2. The van der Waals surface area contributed by atoms with Gasteiger partial charge >= 0.3 is 0 Å². The fourth-order valence-electron chi connectivity index (χ4n) is 1.50. The number of hydrogen-bond acceptors (Lipinski definition) is 5. The molecule has 0 aliphatic heterocycles. The zero-order valence-electron chi connectivity index (χ0n) is 9.81. The van der Waals surface area contributed by atoms with Crippen LogP contribution in [0.4, 0.5) is 5.82 Å². The quantitative estimate of drug-likeness (QED) is 0.675. The standard InChI is InChI=1S/C12H12ClN3OS/c1-2-8-3-4-9(18-8)5-14-12-10(6-17)11(13)15-7-16-12/h3-4,6-7H,2,5H2,1H3,(H,14,15,16). The molecule has 94 valence electrons.